The van der Waals surface area contributed by atoms with E-state index in [1.165, 1.54) is 12.1 Å². The number of benzene rings is 1. The Morgan fingerprint density at radius 2 is 2.13 bits per heavy atom. The van der Waals surface area contributed by atoms with Crippen LogP contribution < -0.4 is 4.74 Å². The van der Waals surface area contributed by atoms with Crippen LogP contribution >= 0.6 is 15.9 Å². The Bertz CT molecular complexity index is 351. The fraction of sp³-hybridized carbons (Fsp3) is 0.300. The summed E-state index contributed by atoms with van der Waals surface area (Å²) in [6.45, 7) is 0.862. The van der Waals surface area contributed by atoms with Gasteiger partial charge in [-0.15, -0.1) is 0 Å². The molecule has 0 aliphatic heterocycles. The molecule has 4 nitrogen and oxygen atoms in total. The van der Waals surface area contributed by atoms with Crippen molar-refractivity contribution in [1.29, 1.82) is 0 Å². The molecule has 1 rings (SSSR count). The first kappa shape index (κ1) is 12.0. The molecule has 0 heterocycles. The largest absolute Gasteiger partial charge is 0.491 e. The summed E-state index contributed by atoms with van der Waals surface area (Å²) < 4.78 is 10.8. The molecular weight excluding hydrogens is 264 g/mol. The number of methoxy groups -OCH3 is 1. The lowest BCUT2D eigenvalue weighted by Crippen LogP contribution is -2.05. The molecule has 0 bridgehead atoms. The zero-order valence-electron chi connectivity index (χ0n) is 8.20. The van der Waals surface area contributed by atoms with Gasteiger partial charge in [0.1, 0.15) is 12.4 Å². The van der Waals surface area contributed by atoms with Gasteiger partial charge in [0.25, 0.3) is 0 Å². The Balaban J connectivity index is 2.75. The summed E-state index contributed by atoms with van der Waals surface area (Å²) in [4.78, 5) is 10.7. The van der Waals surface area contributed by atoms with Gasteiger partial charge in [-0.3, -0.25) is 0 Å². The van der Waals surface area contributed by atoms with Crippen molar-refractivity contribution in [3.8, 4) is 5.75 Å². The normalized spacial score (nSPS) is 10.0. The first-order valence-electron chi connectivity index (χ1n) is 4.29. The van der Waals surface area contributed by atoms with E-state index in [4.69, 9.17) is 14.6 Å². The summed E-state index contributed by atoms with van der Waals surface area (Å²) in [6.07, 6.45) is 0. The summed E-state index contributed by atoms with van der Waals surface area (Å²) >= 11 is 3.22. The minimum atomic E-state index is -0.979. The number of aromatic carboxylic acids is 1. The van der Waals surface area contributed by atoms with E-state index >= 15 is 0 Å². The molecule has 1 N–H and O–H groups in total. The van der Waals surface area contributed by atoms with Crippen molar-refractivity contribution in [3.05, 3.63) is 28.2 Å². The molecule has 0 aromatic heterocycles. The zero-order valence-corrected chi connectivity index (χ0v) is 9.78. The minimum absolute atomic E-state index is 0.191. The highest BCUT2D eigenvalue weighted by molar-refractivity contribution is 9.10. The fourth-order valence-corrected chi connectivity index (χ4v) is 1.48. The summed E-state index contributed by atoms with van der Waals surface area (Å²) in [5.74, 6) is -0.466. The van der Waals surface area contributed by atoms with Crippen LogP contribution in [0.3, 0.4) is 0 Å². The van der Waals surface area contributed by atoms with Gasteiger partial charge in [0.05, 0.1) is 12.2 Å². The summed E-state index contributed by atoms with van der Waals surface area (Å²) in [5, 5.41) is 8.80. The van der Waals surface area contributed by atoms with Crippen LogP contribution in [0, 0.1) is 0 Å². The van der Waals surface area contributed by atoms with E-state index in [0.29, 0.717) is 23.4 Å². The standard InChI is InChI=1S/C10H11BrO4/c1-14-2-3-15-9-5-7(10(12)13)4-8(11)6-9/h4-6H,2-3H2,1H3,(H,12,13). The number of hydrogen-bond donors (Lipinski definition) is 1. The molecule has 1 aromatic rings. The molecule has 15 heavy (non-hydrogen) atoms. The van der Waals surface area contributed by atoms with Gasteiger partial charge >= 0.3 is 5.97 Å². The van der Waals surface area contributed by atoms with E-state index in [1.807, 2.05) is 0 Å². The van der Waals surface area contributed by atoms with Crippen LogP contribution in [-0.2, 0) is 4.74 Å². The molecule has 0 radical (unpaired) electrons. The molecule has 82 valence electrons. The molecule has 0 amide bonds. The molecule has 5 heteroatoms. The number of ether oxygens (including phenoxy) is 2. The summed E-state index contributed by atoms with van der Waals surface area (Å²) in [6, 6.07) is 4.70. The Kier molecular flexibility index (Phi) is 4.58. The molecule has 0 fully saturated rings. The molecule has 0 aliphatic carbocycles. The van der Waals surface area contributed by atoms with Gasteiger partial charge in [-0.2, -0.15) is 0 Å². The topological polar surface area (TPSA) is 55.8 Å². The molecule has 0 saturated carbocycles. The Morgan fingerprint density at radius 1 is 1.40 bits per heavy atom. The maximum absolute atomic E-state index is 10.7. The lowest BCUT2D eigenvalue weighted by atomic mass is 10.2. The average Bonchev–Trinajstić information content (AvgIpc) is 2.17. The van der Waals surface area contributed by atoms with Gasteiger partial charge in [-0.25, -0.2) is 4.79 Å². The second-order valence-corrected chi connectivity index (χ2v) is 3.74. The number of carbonyl (C=O) groups is 1. The molecule has 1 aromatic carbocycles. The quantitative estimate of drug-likeness (QED) is 0.837. The second-order valence-electron chi connectivity index (χ2n) is 2.82. The van der Waals surface area contributed by atoms with E-state index in [-0.39, 0.29) is 5.56 Å². The highest BCUT2D eigenvalue weighted by Gasteiger charge is 2.06. The van der Waals surface area contributed by atoms with Gasteiger partial charge in [0.2, 0.25) is 0 Å². The van der Waals surface area contributed by atoms with Gasteiger partial charge in [-0.1, -0.05) is 15.9 Å². The van der Waals surface area contributed by atoms with Gasteiger partial charge in [-0.05, 0) is 18.2 Å². The third-order valence-electron chi connectivity index (χ3n) is 1.67. The maximum Gasteiger partial charge on any atom is 0.335 e. The zero-order chi connectivity index (χ0) is 11.3. The van der Waals surface area contributed by atoms with E-state index in [9.17, 15) is 4.79 Å². The minimum Gasteiger partial charge on any atom is -0.491 e. The summed E-state index contributed by atoms with van der Waals surface area (Å²) in [7, 11) is 1.58. The number of carboxylic acid groups (broad SMARTS) is 1. The Morgan fingerprint density at radius 3 is 2.73 bits per heavy atom. The van der Waals surface area contributed by atoms with E-state index < -0.39 is 5.97 Å². The van der Waals surface area contributed by atoms with Crippen molar-refractivity contribution in [2.75, 3.05) is 20.3 Å². The Labute approximate surface area is 95.9 Å². The predicted octanol–water partition coefficient (Wildman–Crippen LogP) is 2.17. The number of halogens is 1. The highest BCUT2D eigenvalue weighted by Crippen LogP contribution is 2.21. The number of carboxylic acids is 1. The lowest BCUT2D eigenvalue weighted by molar-refractivity contribution is 0.0696. The molecule has 0 spiro atoms. The van der Waals surface area contributed by atoms with Crippen molar-refractivity contribution in [3.63, 3.8) is 0 Å². The highest BCUT2D eigenvalue weighted by atomic mass is 79.9. The first-order chi connectivity index (χ1) is 7.13. The van der Waals surface area contributed by atoms with E-state index in [0.717, 1.165) is 0 Å². The molecule has 0 unspecified atom stereocenters. The lowest BCUT2D eigenvalue weighted by Gasteiger charge is -2.06. The Hall–Kier alpha value is -1.07. The molecular formula is C10H11BrO4. The molecule has 0 atom stereocenters. The summed E-state index contributed by atoms with van der Waals surface area (Å²) in [5.41, 5.74) is 0.191. The molecule has 0 saturated heterocycles. The van der Waals surface area contributed by atoms with Gasteiger partial charge in [0.15, 0.2) is 0 Å². The fourth-order valence-electron chi connectivity index (χ4n) is 1.01. The van der Waals surface area contributed by atoms with Gasteiger partial charge in [0, 0.05) is 11.6 Å². The SMILES string of the molecule is COCCOc1cc(Br)cc(C(=O)O)c1. The molecule has 0 aliphatic rings. The monoisotopic (exact) mass is 274 g/mol. The smallest absolute Gasteiger partial charge is 0.335 e. The van der Waals surface area contributed by atoms with Crippen LogP contribution in [0.4, 0.5) is 0 Å². The third kappa shape index (κ3) is 3.89. The van der Waals surface area contributed by atoms with Crippen molar-refractivity contribution < 1.29 is 19.4 Å². The van der Waals surface area contributed by atoms with Gasteiger partial charge < -0.3 is 14.6 Å². The number of hydrogen-bond acceptors (Lipinski definition) is 3. The third-order valence-corrected chi connectivity index (χ3v) is 2.13. The van der Waals surface area contributed by atoms with E-state index in [1.54, 1.807) is 13.2 Å². The maximum atomic E-state index is 10.7. The van der Waals surface area contributed by atoms with Crippen LogP contribution in [0.25, 0.3) is 0 Å². The van der Waals surface area contributed by atoms with Crippen LogP contribution in [0.5, 0.6) is 5.75 Å². The van der Waals surface area contributed by atoms with Crippen LogP contribution in [0.2, 0.25) is 0 Å². The van der Waals surface area contributed by atoms with Crippen LogP contribution in [-0.4, -0.2) is 31.4 Å². The van der Waals surface area contributed by atoms with Crippen molar-refractivity contribution in [2.45, 2.75) is 0 Å². The second kappa shape index (κ2) is 5.72. The first-order valence-corrected chi connectivity index (χ1v) is 5.08. The predicted molar refractivity (Wildman–Crippen MR) is 58.5 cm³/mol. The van der Waals surface area contributed by atoms with E-state index in [2.05, 4.69) is 15.9 Å². The van der Waals surface area contributed by atoms with Crippen LogP contribution in [0.1, 0.15) is 10.4 Å². The van der Waals surface area contributed by atoms with Crippen LogP contribution in [0.15, 0.2) is 22.7 Å². The van der Waals surface area contributed by atoms with Crippen molar-refractivity contribution >= 4 is 21.9 Å². The number of rotatable bonds is 5. The average molecular weight is 275 g/mol. The van der Waals surface area contributed by atoms with Crippen molar-refractivity contribution in [2.24, 2.45) is 0 Å². The van der Waals surface area contributed by atoms with Crippen molar-refractivity contribution in [1.82, 2.24) is 0 Å².